The zero-order valence-electron chi connectivity index (χ0n) is 12.3. The molecule has 0 amide bonds. The summed E-state index contributed by atoms with van der Waals surface area (Å²) in [7, 11) is 0. The van der Waals surface area contributed by atoms with Crippen LogP contribution < -0.4 is 16.1 Å². The van der Waals surface area contributed by atoms with Gasteiger partial charge in [-0.15, -0.1) is 0 Å². The fourth-order valence-electron chi connectivity index (χ4n) is 2.63. The van der Waals surface area contributed by atoms with Gasteiger partial charge in [-0.2, -0.15) is 0 Å². The average Bonchev–Trinajstić information content (AvgIpc) is 3.01. The summed E-state index contributed by atoms with van der Waals surface area (Å²) < 4.78 is 0. The van der Waals surface area contributed by atoms with Crippen molar-refractivity contribution in [3.63, 3.8) is 0 Å². The molecule has 3 N–H and O–H groups in total. The molecule has 4 heteroatoms. The molecule has 0 radical (unpaired) electrons. The minimum absolute atomic E-state index is 0.0819. The molecule has 0 saturated carbocycles. The van der Waals surface area contributed by atoms with Crippen LogP contribution in [0.15, 0.2) is 23.0 Å². The minimum atomic E-state index is -0.0819. The summed E-state index contributed by atoms with van der Waals surface area (Å²) in [6.07, 6.45) is 3.81. The maximum atomic E-state index is 12.2. The second-order valence-electron chi connectivity index (χ2n) is 5.22. The van der Waals surface area contributed by atoms with E-state index in [1.165, 1.54) is 11.3 Å². The standard InChI is InChI=1S/C17H19N3O/c1-4-11-8-12(5-2)19-15(11)9-13-16-14(20-17(13)21)7-6-10(3)18-16/h6-9,18-19H,3-5H2,1-2H3,(H,20,21). The van der Waals surface area contributed by atoms with Crippen molar-refractivity contribution in [1.82, 2.24) is 15.0 Å². The summed E-state index contributed by atoms with van der Waals surface area (Å²) in [4.78, 5) is 21.6. The number of aromatic amines is 3. The van der Waals surface area contributed by atoms with E-state index in [0.717, 1.165) is 34.6 Å². The topological polar surface area (TPSA) is 64.4 Å². The van der Waals surface area contributed by atoms with Gasteiger partial charge in [-0.1, -0.05) is 20.4 Å². The summed E-state index contributed by atoms with van der Waals surface area (Å²) in [5, 5.41) is 3.04. The van der Waals surface area contributed by atoms with E-state index in [4.69, 9.17) is 0 Å². The number of nitrogens with one attached hydrogen (secondary N) is 3. The van der Waals surface area contributed by atoms with Gasteiger partial charge < -0.3 is 15.0 Å². The number of rotatable bonds is 3. The Bertz CT molecular complexity index is 1000. The Balaban J connectivity index is 2.34. The van der Waals surface area contributed by atoms with Crippen molar-refractivity contribution in [2.24, 2.45) is 0 Å². The highest BCUT2D eigenvalue weighted by Crippen LogP contribution is 2.12. The fourth-order valence-corrected chi connectivity index (χ4v) is 2.63. The van der Waals surface area contributed by atoms with E-state index in [-0.39, 0.29) is 5.56 Å². The van der Waals surface area contributed by atoms with Gasteiger partial charge in [-0.25, -0.2) is 0 Å². The van der Waals surface area contributed by atoms with Crippen molar-refractivity contribution in [1.29, 1.82) is 0 Å². The molecule has 0 atom stereocenters. The van der Waals surface area contributed by atoms with Gasteiger partial charge >= 0.3 is 0 Å². The van der Waals surface area contributed by atoms with E-state index in [0.29, 0.717) is 5.22 Å². The maximum Gasteiger partial charge on any atom is 0.257 e. The highest BCUT2D eigenvalue weighted by atomic mass is 16.1. The van der Waals surface area contributed by atoms with E-state index >= 15 is 0 Å². The van der Waals surface area contributed by atoms with Crippen LogP contribution in [0.4, 0.5) is 0 Å². The largest absolute Gasteiger partial charge is 0.359 e. The lowest BCUT2D eigenvalue weighted by Gasteiger charge is -1.93. The van der Waals surface area contributed by atoms with Crippen LogP contribution in [0.1, 0.15) is 30.8 Å². The van der Waals surface area contributed by atoms with Crippen LogP contribution in [0.5, 0.6) is 0 Å². The van der Waals surface area contributed by atoms with Crippen LogP contribution >= 0.6 is 0 Å². The molecule has 2 aliphatic heterocycles. The summed E-state index contributed by atoms with van der Waals surface area (Å²) in [6, 6.07) is 5.89. The van der Waals surface area contributed by atoms with E-state index in [1.807, 2.05) is 18.2 Å². The molecule has 3 heterocycles. The van der Waals surface area contributed by atoms with Crippen molar-refractivity contribution in [3.05, 3.63) is 66.8 Å². The first-order valence-electron chi connectivity index (χ1n) is 7.24. The van der Waals surface area contributed by atoms with Gasteiger partial charge in [-0.3, -0.25) is 4.79 Å². The van der Waals surface area contributed by atoms with Gasteiger partial charge in [-0.05, 0) is 42.7 Å². The molecule has 0 aromatic carbocycles. The maximum absolute atomic E-state index is 12.2. The Kier molecular flexibility index (Phi) is 3.29. The van der Waals surface area contributed by atoms with Gasteiger partial charge in [0.1, 0.15) is 0 Å². The Morgan fingerprint density at radius 3 is 2.67 bits per heavy atom. The number of aryl methyl sites for hydroxylation is 2. The van der Waals surface area contributed by atoms with Gasteiger partial charge in [0.25, 0.3) is 5.56 Å². The van der Waals surface area contributed by atoms with Gasteiger partial charge in [0.15, 0.2) is 0 Å². The van der Waals surface area contributed by atoms with Crippen molar-refractivity contribution in [2.45, 2.75) is 26.7 Å². The Labute approximate surface area is 121 Å². The first-order valence-corrected chi connectivity index (χ1v) is 7.24. The lowest BCUT2D eigenvalue weighted by Crippen LogP contribution is -2.24. The normalized spacial score (nSPS) is 12.4. The number of H-pyrrole nitrogens is 3. The van der Waals surface area contributed by atoms with Crippen molar-refractivity contribution in [3.8, 4) is 0 Å². The second-order valence-corrected chi connectivity index (χ2v) is 5.22. The van der Waals surface area contributed by atoms with Gasteiger partial charge in [0.05, 0.1) is 15.9 Å². The number of aromatic nitrogens is 3. The highest BCUT2D eigenvalue weighted by molar-refractivity contribution is 5.51. The molecule has 0 unspecified atom stereocenters. The van der Waals surface area contributed by atoms with Gasteiger partial charge in [0.2, 0.25) is 0 Å². The summed E-state index contributed by atoms with van der Waals surface area (Å²) in [5.41, 5.74) is 3.34. The third-order valence-electron chi connectivity index (χ3n) is 3.81. The van der Waals surface area contributed by atoms with Crippen LogP contribution in [-0.4, -0.2) is 15.0 Å². The first kappa shape index (κ1) is 13.5. The molecule has 21 heavy (non-hydrogen) atoms. The molecule has 0 aliphatic carbocycles. The van der Waals surface area contributed by atoms with E-state index in [9.17, 15) is 4.79 Å². The third-order valence-corrected chi connectivity index (χ3v) is 3.81. The van der Waals surface area contributed by atoms with Crippen molar-refractivity contribution < 1.29 is 0 Å². The fraction of sp³-hybridized carbons (Fsp3) is 0.235. The Morgan fingerprint density at radius 2 is 1.95 bits per heavy atom. The average molecular weight is 281 g/mol. The Morgan fingerprint density at radius 1 is 1.14 bits per heavy atom. The first-order chi connectivity index (χ1) is 10.1. The van der Waals surface area contributed by atoms with Crippen molar-refractivity contribution >= 4 is 12.7 Å². The van der Waals surface area contributed by atoms with Crippen LogP contribution in [-0.2, 0) is 12.8 Å². The van der Waals surface area contributed by atoms with Crippen LogP contribution in [0.3, 0.4) is 0 Å². The molecule has 3 rings (SSSR count). The molecular weight excluding hydrogens is 262 g/mol. The third kappa shape index (κ3) is 2.33. The van der Waals surface area contributed by atoms with Gasteiger partial charge in [0, 0.05) is 16.7 Å². The summed E-state index contributed by atoms with van der Waals surface area (Å²) in [5.74, 6) is 0. The highest BCUT2D eigenvalue weighted by Gasteiger charge is 2.05. The smallest absolute Gasteiger partial charge is 0.257 e. The SMILES string of the molecule is C=c1ccc2[nH]c(=O)c(=Cc3[nH]c(CC)cc3CC)c=2[nH]1. The molecule has 4 nitrogen and oxygen atoms in total. The molecule has 2 aliphatic rings. The monoisotopic (exact) mass is 281 g/mol. The molecule has 0 bridgehead atoms. The quantitative estimate of drug-likeness (QED) is 0.662. The molecule has 0 fully saturated rings. The Hall–Kier alpha value is -2.49. The second kappa shape index (κ2) is 5.13. The van der Waals surface area contributed by atoms with Crippen LogP contribution in [0.25, 0.3) is 12.7 Å². The van der Waals surface area contributed by atoms with Crippen molar-refractivity contribution in [2.75, 3.05) is 0 Å². The summed E-state index contributed by atoms with van der Waals surface area (Å²) in [6.45, 7) is 8.12. The van der Waals surface area contributed by atoms with E-state index < -0.39 is 0 Å². The predicted molar refractivity (Wildman–Crippen MR) is 84.6 cm³/mol. The molecule has 1 aromatic rings. The molecule has 0 spiro atoms. The van der Waals surface area contributed by atoms with E-state index in [1.54, 1.807) is 0 Å². The molecular formula is C17H19N3O. The predicted octanol–water partition coefficient (Wildman–Crippen LogP) is 1.12. The number of hydrogen-bond donors (Lipinski definition) is 3. The molecule has 108 valence electrons. The minimum Gasteiger partial charge on any atom is -0.359 e. The zero-order valence-corrected chi connectivity index (χ0v) is 12.3. The molecule has 1 aromatic heterocycles. The van der Waals surface area contributed by atoms with Crippen LogP contribution in [0, 0.1) is 10.7 Å². The lowest BCUT2D eigenvalue weighted by molar-refractivity contribution is 1.06. The summed E-state index contributed by atoms with van der Waals surface area (Å²) >= 11 is 0. The van der Waals surface area contributed by atoms with E-state index in [2.05, 4.69) is 41.4 Å². The zero-order chi connectivity index (χ0) is 15.0. The number of hydrogen-bond acceptors (Lipinski definition) is 1. The molecule has 0 saturated heterocycles. The van der Waals surface area contributed by atoms with Crippen LogP contribution in [0.2, 0.25) is 0 Å². The lowest BCUT2D eigenvalue weighted by atomic mass is 10.1.